The number of anilines is 2. The summed E-state index contributed by atoms with van der Waals surface area (Å²) in [5, 5.41) is 13.2. The third kappa shape index (κ3) is 4.79. The molecule has 1 saturated heterocycles. The first-order valence-electron chi connectivity index (χ1n) is 11.4. The van der Waals surface area contributed by atoms with Crippen LogP contribution in [0.5, 0.6) is 0 Å². The van der Waals surface area contributed by atoms with Gasteiger partial charge in [0.25, 0.3) is 5.91 Å². The molecule has 5 rings (SSSR count). The first-order chi connectivity index (χ1) is 16.7. The normalized spacial score (nSPS) is 14.1. The summed E-state index contributed by atoms with van der Waals surface area (Å²) in [6.07, 6.45) is 0.865. The number of carbonyl (C=O) groups is 1. The molecule has 1 aromatic heterocycles. The second-order valence-corrected chi connectivity index (χ2v) is 9.19. The average Bonchev–Trinajstić information content (AvgIpc) is 3.33. The highest BCUT2D eigenvalue weighted by molar-refractivity contribution is 7.13. The Kier molecular flexibility index (Phi) is 6.52. The van der Waals surface area contributed by atoms with Gasteiger partial charge in [-0.25, -0.2) is 0 Å². The minimum Gasteiger partial charge on any atom is -0.353 e. The molecule has 2 heterocycles. The number of rotatable bonds is 6. The van der Waals surface area contributed by atoms with Crippen LogP contribution >= 0.6 is 11.5 Å². The summed E-state index contributed by atoms with van der Waals surface area (Å²) in [5.41, 5.74) is 3.04. The van der Waals surface area contributed by atoms with E-state index in [0.717, 1.165) is 56.2 Å². The van der Waals surface area contributed by atoms with Crippen LogP contribution in [0.15, 0.2) is 72.8 Å². The molecule has 3 aromatic carbocycles. The summed E-state index contributed by atoms with van der Waals surface area (Å²) < 4.78 is 5.94. The van der Waals surface area contributed by atoms with Crippen LogP contribution in [0.3, 0.4) is 0 Å². The molecule has 1 aliphatic rings. The number of nitrogens with zero attached hydrogens (tertiary/aromatic N) is 4. The molecule has 34 heavy (non-hydrogen) atoms. The number of benzene rings is 3. The molecule has 0 atom stereocenters. The second kappa shape index (κ2) is 10.0. The van der Waals surface area contributed by atoms with Gasteiger partial charge >= 0.3 is 0 Å². The monoisotopic (exact) mass is 467 g/mol. The minimum atomic E-state index is -0.166. The van der Waals surface area contributed by atoms with E-state index in [1.165, 1.54) is 10.1 Å². The van der Waals surface area contributed by atoms with E-state index in [4.69, 9.17) is 9.64 Å². The van der Waals surface area contributed by atoms with E-state index in [0.29, 0.717) is 11.1 Å². The van der Waals surface area contributed by atoms with Crippen LogP contribution in [0.25, 0.3) is 10.1 Å². The number of aromatic nitrogens is 1. The Balaban J connectivity index is 1.18. The van der Waals surface area contributed by atoms with Crippen LogP contribution in [0.1, 0.15) is 21.5 Å². The molecule has 0 unspecified atom stereocenters. The Morgan fingerprint density at radius 2 is 1.71 bits per heavy atom. The third-order valence-electron chi connectivity index (χ3n) is 6.27. The van der Waals surface area contributed by atoms with Crippen molar-refractivity contribution < 1.29 is 4.79 Å². The Hall–Kier alpha value is -3.73. The van der Waals surface area contributed by atoms with E-state index in [1.54, 1.807) is 35.8 Å². The van der Waals surface area contributed by atoms with E-state index in [-0.39, 0.29) is 5.91 Å². The number of fused-ring (bicyclic) bond motifs is 1. The third-order valence-corrected chi connectivity index (χ3v) is 7.09. The van der Waals surface area contributed by atoms with Gasteiger partial charge in [0, 0.05) is 49.4 Å². The summed E-state index contributed by atoms with van der Waals surface area (Å²) in [6.45, 7) is 4.85. The molecule has 0 spiro atoms. The molecule has 1 amide bonds. The van der Waals surface area contributed by atoms with Gasteiger partial charge in [0.15, 0.2) is 0 Å². The molecule has 7 heteroatoms. The van der Waals surface area contributed by atoms with Crippen LogP contribution in [0, 0.1) is 11.3 Å². The summed E-state index contributed by atoms with van der Waals surface area (Å²) in [4.78, 5) is 17.6. The molecule has 0 aliphatic carbocycles. The van der Waals surface area contributed by atoms with Crippen molar-refractivity contribution >= 4 is 39.0 Å². The Labute approximate surface area is 203 Å². The van der Waals surface area contributed by atoms with Gasteiger partial charge in [0.2, 0.25) is 0 Å². The second-order valence-electron chi connectivity index (χ2n) is 8.38. The molecule has 0 bridgehead atoms. The highest BCUT2D eigenvalue weighted by atomic mass is 32.1. The lowest BCUT2D eigenvalue weighted by molar-refractivity contribution is 0.102. The van der Waals surface area contributed by atoms with Gasteiger partial charge < -0.3 is 10.2 Å². The van der Waals surface area contributed by atoms with Crippen molar-refractivity contribution in [1.29, 1.82) is 5.26 Å². The van der Waals surface area contributed by atoms with Gasteiger partial charge in [0.05, 0.1) is 16.3 Å². The Morgan fingerprint density at radius 1 is 0.971 bits per heavy atom. The summed E-state index contributed by atoms with van der Waals surface area (Å²) in [5.74, 6) is 0.942. The highest BCUT2D eigenvalue weighted by Gasteiger charge is 2.21. The van der Waals surface area contributed by atoms with Crippen molar-refractivity contribution in [1.82, 2.24) is 9.27 Å². The molecule has 0 radical (unpaired) electrons. The fourth-order valence-electron chi connectivity index (χ4n) is 4.31. The van der Waals surface area contributed by atoms with Gasteiger partial charge in [-0.15, -0.1) is 0 Å². The number of carbonyl (C=O) groups excluding carboxylic acids is 1. The van der Waals surface area contributed by atoms with Crippen molar-refractivity contribution in [3.8, 4) is 6.07 Å². The van der Waals surface area contributed by atoms with Gasteiger partial charge in [0.1, 0.15) is 5.82 Å². The maximum Gasteiger partial charge on any atom is 0.255 e. The van der Waals surface area contributed by atoms with Crippen LogP contribution < -0.4 is 10.2 Å². The Morgan fingerprint density at radius 3 is 2.50 bits per heavy atom. The molecular formula is C27H25N5OS. The maximum absolute atomic E-state index is 12.7. The molecule has 0 saturated carbocycles. The molecule has 170 valence electrons. The zero-order valence-corrected chi connectivity index (χ0v) is 19.6. The number of piperazine rings is 1. The maximum atomic E-state index is 12.7. The largest absolute Gasteiger partial charge is 0.353 e. The van der Waals surface area contributed by atoms with Crippen LogP contribution in [0.2, 0.25) is 0 Å². The van der Waals surface area contributed by atoms with E-state index >= 15 is 0 Å². The fraction of sp³-hybridized carbons (Fsp3) is 0.222. The Bertz CT molecular complexity index is 1330. The highest BCUT2D eigenvalue weighted by Crippen LogP contribution is 2.30. The lowest BCUT2D eigenvalue weighted by atomic mass is 10.1. The van der Waals surface area contributed by atoms with Gasteiger partial charge in [-0.05, 0) is 66.0 Å². The number of hydrogen-bond acceptors (Lipinski definition) is 6. The van der Waals surface area contributed by atoms with Gasteiger partial charge in [-0.2, -0.15) is 9.64 Å². The predicted molar refractivity (Wildman–Crippen MR) is 138 cm³/mol. The summed E-state index contributed by atoms with van der Waals surface area (Å²) >= 11 is 1.57. The SMILES string of the molecule is N#Cc1ccc(C(=O)Nc2ccccc2CCN2CCN(c3nsc4ccccc34)CC2)cc1. The van der Waals surface area contributed by atoms with Crippen molar-refractivity contribution in [2.75, 3.05) is 42.9 Å². The van der Waals surface area contributed by atoms with Gasteiger partial charge in [-0.1, -0.05) is 30.3 Å². The smallest absolute Gasteiger partial charge is 0.255 e. The lowest BCUT2D eigenvalue weighted by Crippen LogP contribution is -2.47. The number of hydrogen-bond donors (Lipinski definition) is 1. The first-order valence-corrected chi connectivity index (χ1v) is 12.2. The number of nitriles is 1. The van der Waals surface area contributed by atoms with E-state index in [1.807, 2.05) is 18.2 Å². The van der Waals surface area contributed by atoms with E-state index < -0.39 is 0 Å². The molecular weight excluding hydrogens is 442 g/mol. The number of nitrogens with one attached hydrogen (secondary N) is 1. The fourth-order valence-corrected chi connectivity index (χ4v) is 5.11. The topological polar surface area (TPSA) is 72.3 Å². The molecule has 1 aliphatic heterocycles. The van der Waals surface area contributed by atoms with Crippen molar-refractivity contribution in [2.45, 2.75) is 6.42 Å². The standard InChI is InChI=1S/C27H25N5OS/c28-19-20-9-11-22(12-10-20)27(33)29-24-7-3-1-5-21(24)13-14-31-15-17-32(18-16-31)26-23-6-2-4-8-25(23)34-30-26/h1-12H,13-18H2,(H,29,33). The predicted octanol–water partition coefficient (Wildman–Crippen LogP) is 4.78. The van der Waals surface area contributed by atoms with Crippen LogP contribution in [-0.2, 0) is 6.42 Å². The number of para-hydroxylation sites is 1. The molecule has 1 N–H and O–H groups in total. The summed E-state index contributed by atoms with van der Waals surface area (Å²) in [6, 6.07) is 25.2. The zero-order chi connectivity index (χ0) is 23.3. The van der Waals surface area contributed by atoms with E-state index in [2.05, 4.69) is 51.5 Å². The van der Waals surface area contributed by atoms with Crippen molar-refractivity contribution in [3.05, 3.63) is 89.5 Å². The van der Waals surface area contributed by atoms with Crippen molar-refractivity contribution in [2.24, 2.45) is 0 Å². The van der Waals surface area contributed by atoms with Crippen LogP contribution in [0.4, 0.5) is 11.5 Å². The first kappa shape index (κ1) is 22.1. The van der Waals surface area contributed by atoms with Gasteiger partial charge in [-0.3, -0.25) is 9.69 Å². The average molecular weight is 468 g/mol. The molecule has 1 fully saturated rings. The number of amides is 1. The molecule has 6 nitrogen and oxygen atoms in total. The van der Waals surface area contributed by atoms with E-state index in [9.17, 15) is 4.79 Å². The zero-order valence-electron chi connectivity index (χ0n) is 18.8. The quantitative estimate of drug-likeness (QED) is 0.442. The minimum absolute atomic E-state index is 0.166. The summed E-state index contributed by atoms with van der Waals surface area (Å²) in [7, 11) is 0. The molecule has 4 aromatic rings. The van der Waals surface area contributed by atoms with Crippen LogP contribution in [-0.4, -0.2) is 47.9 Å². The van der Waals surface area contributed by atoms with Crippen molar-refractivity contribution in [3.63, 3.8) is 0 Å². The lowest BCUT2D eigenvalue weighted by Gasteiger charge is -2.35.